The summed E-state index contributed by atoms with van der Waals surface area (Å²) in [4.78, 5) is 22.9. The molecule has 1 atom stereocenters. The summed E-state index contributed by atoms with van der Waals surface area (Å²) < 4.78 is 5.18. The van der Waals surface area contributed by atoms with E-state index in [-0.39, 0.29) is 24.2 Å². The van der Waals surface area contributed by atoms with Gasteiger partial charge in [0.15, 0.2) is 0 Å². The van der Waals surface area contributed by atoms with Gasteiger partial charge >= 0.3 is 5.97 Å². The van der Waals surface area contributed by atoms with E-state index >= 15 is 0 Å². The molecule has 0 amide bonds. The van der Waals surface area contributed by atoms with Gasteiger partial charge in [-0.05, 0) is 24.1 Å². The quantitative estimate of drug-likeness (QED) is 0.521. The lowest BCUT2D eigenvalue weighted by Crippen LogP contribution is -2.20. The van der Waals surface area contributed by atoms with Gasteiger partial charge in [0.1, 0.15) is 6.61 Å². The minimum Gasteiger partial charge on any atom is -0.456 e. The van der Waals surface area contributed by atoms with E-state index in [0.717, 1.165) is 22.5 Å². The highest BCUT2D eigenvalue weighted by Crippen LogP contribution is 2.44. The van der Waals surface area contributed by atoms with Gasteiger partial charge in [-0.15, -0.1) is 0 Å². The number of nitrogens with one attached hydrogen (secondary N) is 1. The van der Waals surface area contributed by atoms with Gasteiger partial charge in [0.25, 0.3) is 5.69 Å². The molecule has 2 aliphatic heterocycles. The van der Waals surface area contributed by atoms with Crippen molar-refractivity contribution in [2.75, 3.05) is 11.9 Å². The van der Waals surface area contributed by atoms with Gasteiger partial charge < -0.3 is 10.1 Å². The highest BCUT2D eigenvalue weighted by atomic mass is 16.6. The average Bonchev–Trinajstić information content (AvgIpc) is 2.94. The van der Waals surface area contributed by atoms with E-state index in [1.54, 1.807) is 6.07 Å². The third-order valence-electron chi connectivity index (χ3n) is 4.40. The van der Waals surface area contributed by atoms with Crippen molar-refractivity contribution in [1.82, 2.24) is 0 Å². The molecule has 6 nitrogen and oxygen atoms in total. The second-order valence-electron chi connectivity index (χ2n) is 5.97. The van der Waals surface area contributed by atoms with Crippen molar-refractivity contribution in [2.24, 2.45) is 0 Å². The van der Waals surface area contributed by atoms with Crippen molar-refractivity contribution < 1.29 is 14.5 Å². The van der Waals surface area contributed by atoms with Crippen molar-refractivity contribution in [3.8, 4) is 0 Å². The predicted octanol–water partition coefficient (Wildman–Crippen LogP) is 3.27. The molecule has 0 saturated carbocycles. The number of nitro benzene ring substituents is 1. The second-order valence-corrected chi connectivity index (χ2v) is 5.97. The Morgan fingerprint density at radius 3 is 2.88 bits per heavy atom. The lowest BCUT2D eigenvalue weighted by molar-refractivity contribution is -0.384. The van der Waals surface area contributed by atoms with Crippen LogP contribution in [0.1, 0.15) is 22.6 Å². The summed E-state index contributed by atoms with van der Waals surface area (Å²) in [6.45, 7) is 2.18. The van der Waals surface area contributed by atoms with Crippen LogP contribution in [0.3, 0.4) is 0 Å². The molecular formula is C18H14N2O4. The van der Waals surface area contributed by atoms with Crippen LogP contribution in [-0.4, -0.2) is 17.5 Å². The van der Waals surface area contributed by atoms with E-state index in [4.69, 9.17) is 4.74 Å². The molecule has 0 spiro atoms. The summed E-state index contributed by atoms with van der Waals surface area (Å²) in [5.41, 5.74) is 4.86. The Bertz CT molecular complexity index is 917. The normalized spacial score (nSPS) is 18.5. The van der Waals surface area contributed by atoms with Gasteiger partial charge in [0, 0.05) is 23.7 Å². The van der Waals surface area contributed by atoms with Crippen LogP contribution in [0.2, 0.25) is 0 Å². The highest BCUT2D eigenvalue weighted by molar-refractivity contribution is 5.97. The minimum atomic E-state index is -0.427. The lowest BCUT2D eigenvalue weighted by Gasteiger charge is -2.27. The fraction of sp³-hybridized carbons (Fsp3) is 0.167. The molecule has 1 N–H and O–H groups in total. The number of carbonyl (C=O) groups is 1. The number of nitro groups is 1. The third kappa shape index (κ3) is 2.15. The number of anilines is 1. The number of non-ortho nitro benzene ring substituents is 1. The maximum atomic E-state index is 12.3. The zero-order chi connectivity index (χ0) is 16.8. The largest absolute Gasteiger partial charge is 0.456 e. The molecule has 0 saturated heterocycles. The van der Waals surface area contributed by atoms with Crippen LogP contribution in [0, 0.1) is 17.0 Å². The number of hydrogen-bond acceptors (Lipinski definition) is 5. The number of carbonyl (C=O) groups excluding carboxylic acids is 1. The first-order valence-electron chi connectivity index (χ1n) is 7.56. The SMILES string of the molecule is Cc1ccc2c(c1)C(c1cccc([N+](=O)[O-])c1)C1=C(COC1=O)N2. The summed E-state index contributed by atoms with van der Waals surface area (Å²) in [7, 11) is 0. The third-order valence-corrected chi connectivity index (χ3v) is 4.40. The molecule has 24 heavy (non-hydrogen) atoms. The fourth-order valence-corrected chi connectivity index (χ4v) is 3.33. The standard InChI is InChI=1S/C18H14N2O4/c1-10-5-6-14-13(7-10)16(17-15(19-14)9-24-18(17)21)11-3-2-4-12(8-11)20(22)23/h2-8,16,19H,9H2,1H3. The number of esters is 1. The molecule has 0 aliphatic carbocycles. The van der Waals surface area contributed by atoms with E-state index in [0.29, 0.717) is 11.1 Å². The first-order chi connectivity index (χ1) is 11.5. The summed E-state index contributed by atoms with van der Waals surface area (Å²) in [6.07, 6.45) is 0. The fourth-order valence-electron chi connectivity index (χ4n) is 3.33. The van der Waals surface area contributed by atoms with E-state index in [9.17, 15) is 14.9 Å². The summed E-state index contributed by atoms with van der Waals surface area (Å²) in [6, 6.07) is 12.4. The Labute approximate surface area is 137 Å². The van der Waals surface area contributed by atoms with Crippen molar-refractivity contribution in [1.29, 1.82) is 0 Å². The van der Waals surface area contributed by atoms with Gasteiger partial charge in [-0.2, -0.15) is 0 Å². The molecule has 2 aromatic carbocycles. The second kappa shape index (κ2) is 5.19. The number of benzene rings is 2. The molecule has 0 radical (unpaired) electrons. The number of aryl methyl sites for hydroxylation is 1. The number of ether oxygens (including phenoxy) is 1. The maximum Gasteiger partial charge on any atom is 0.337 e. The van der Waals surface area contributed by atoms with Crippen LogP contribution in [0.25, 0.3) is 0 Å². The van der Waals surface area contributed by atoms with E-state index in [1.165, 1.54) is 12.1 Å². The Hall–Kier alpha value is -3.15. The molecule has 0 bridgehead atoms. The molecule has 0 aromatic heterocycles. The van der Waals surface area contributed by atoms with Crippen LogP contribution >= 0.6 is 0 Å². The van der Waals surface area contributed by atoms with Crippen molar-refractivity contribution in [3.05, 3.63) is 80.5 Å². The summed E-state index contributed by atoms with van der Waals surface area (Å²) >= 11 is 0. The van der Waals surface area contributed by atoms with Crippen molar-refractivity contribution in [2.45, 2.75) is 12.8 Å². The van der Waals surface area contributed by atoms with Crippen LogP contribution in [0.4, 0.5) is 11.4 Å². The molecule has 2 aromatic rings. The van der Waals surface area contributed by atoms with Crippen LogP contribution in [0.15, 0.2) is 53.7 Å². The van der Waals surface area contributed by atoms with Crippen molar-refractivity contribution >= 4 is 17.3 Å². The van der Waals surface area contributed by atoms with Gasteiger partial charge in [0.2, 0.25) is 0 Å². The smallest absolute Gasteiger partial charge is 0.337 e. The molecule has 4 rings (SSSR count). The van der Waals surface area contributed by atoms with Gasteiger partial charge in [-0.3, -0.25) is 10.1 Å². The number of nitrogens with zero attached hydrogens (tertiary/aromatic N) is 1. The number of fused-ring (bicyclic) bond motifs is 1. The topological polar surface area (TPSA) is 81.5 Å². The number of cyclic esters (lactones) is 1. The Morgan fingerprint density at radius 1 is 1.25 bits per heavy atom. The average molecular weight is 322 g/mol. The maximum absolute atomic E-state index is 12.3. The van der Waals surface area contributed by atoms with Gasteiger partial charge in [-0.25, -0.2) is 4.79 Å². The monoisotopic (exact) mass is 322 g/mol. The Morgan fingerprint density at radius 2 is 2.08 bits per heavy atom. The zero-order valence-corrected chi connectivity index (χ0v) is 12.9. The zero-order valence-electron chi connectivity index (χ0n) is 12.9. The first kappa shape index (κ1) is 14.4. The summed E-state index contributed by atoms with van der Waals surface area (Å²) in [5.74, 6) is -0.743. The number of rotatable bonds is 2. The van der Waals surface area contributed by atoms with E-state index in [2.05, 4.69) is 5.32 Å². The van der Waals surface area contributed by atoms with Crippen LogP contribution in [0.5, 0.6) is 0 Å². The molecule has 1 unspecified atom stereocenters. The molecule has 2 aliphatic rings. The van der Waals surface area contributed by atoms with Crippen LogP contribution in [-0.2, 0) is 9.53 Å². The molecular weight excluding hydrogens is 308 g/mol. The lowest BCUT2D eigenvalue weighted by atomic mass is 9.80. The number of hydrogen-bond donors (Lipinski definition) is 1. The Balaban J connectivity index is 1.94. The Kier molecular flexibility index (Phi) is 3.13. The minimum absolute atomic E-state index is 0.00810. The van der Waals surface area contributed by atoms with Crippen LogP contribution < -0.4 is 5.32 Å². The highest BCUT2D eigenvalue weighted by Gasteiger charge is 2.38. The molecule has 2 heterocycles. The predicted molar refractivity (Wildman–Crippen MR) is 87.7 cm³/mol. The first-order valence-corrected chi connectivity index (χ1v) is 7.56. The molecule has 0 fully saturated rings. The summed E-state index contributed by atoms with van der Waals surface area (Å²) in [5, 5.41) is 14.4. The van der Waals surface area contributed by atoms with E-state index in [1.807, 2.05) is 31.2 Å². The van der Waals surface area contributed by atoms with Gasteiger partial charge in [-0.1, -0.05) is 29.8 Å². The van der Waals surface area contributed by atoms with Crippen molar-refractivity contribution in [3.63, 3.8) is 0 Å². The molecule has 120 valence electrons. The van der Waals surface area contributed by atoms with E-state index < -0.39 is 4.92 Å². The van der Waals surface area contributed by atoms with Gasteiger partial charge in [0.05, 0.1) is 16.2 Å². The molecule has 6 heteroatoms.